The zero-order valence-corrected chi connectivity index (χ0v) is 9.09. The quantitative estimate of drug-likeness (QED) is 0.654. The summed E-state index contributed by atoms with van der Waals surface area (Å²) in [5.41, 5.74) is 1.15. The molecule has 14 heavy (non-hydrogen) atoms. The van der Waals surface area contributed by atoms with Gasteiger partial charge >= 0.3 is 0 Å². The van der Waals surface area contributed by atoms with E-state index in [1.165, 1.54) is 25.7 Å². The van der Waals surface area contributed by atoms with Crippen molar-refractivity contribution < 1.29 is 4.79 Å². The molecule has 0 aromatic rings. The molecule has 1 saturated carbocycles. The zero-order chi connectivity index (χ0) is 9.97. The van der Waals surface area contributed by atoms with Crippen LogP contribution in [0.3, 0.4) is 0 Å². The van der Waals surface area contributed by atoms with Crippen LogP contribution in [0.4, 0.5) is 0 Å². The Balaban J connectivity index is 1.96. The minimum absolute atomic E-state index is 0.390. The predicted octanol–water partition coefficient (Wildman–Crippen LogP) is 3.49. The molecule has 1 heteroatoms. The van der Waals surface area contributed by atoms with Gasteiger partial charge in [-0.2, -0.15) is 0 Å². The van der Waals surface area contributed by atoms with Crippen LogP contribution in [0.15, 0.2) is 11.6 Å². The number of hydrogen-bond acceptors (Lipinski definition) is 1. The molecule has 1 nitrogen and oxygen atoms in total. The van der Waals surface area contributed by atoms with Crippen LogP contribution in [0, 0.1) is 11.8 Å². The number of allylic oxidation sites excluding steroid dienone is 2. The lowest BCUT2D eigenvalue weighted by Gasteiger charge is -2.09. The van der Waals surface area contributed by atoms with E-state index in [2.05, 4.69) is 13.0 Å². The summed E-state index contributed by atoms with van der Waals surface area (Å²) in [6.07, 6.45) is 10.7. The van der Waals surface area contributed by atoms with Crippen molar-refractivity contribution in [2.75, 3.05) is 0 Å². The summed E-state index contributed by atoms with van der Waals surface area (Å²) >= 11 is 0. The smallest absolute Gasteiger partial charge is 0.161 e. The third-order valence-corrected chi connectivity index (χ3v) is 3.55. The number of ketones is 1. The molecule has 0 aliphatic heterocycles. The van der Waals surface area contributed by atoms with Crippen LogP contribution in [0.5, 0.6) is 0 Å². The highest BCUT2D eigenvalue weighted by Gasteiger charge is 2.39. The second-order valence-corrected chi connectivity index (χ2v) is 4.87. The van der Waals surface area contributed by atoms with Crippen LogP contribution < -0.4 is 0 Å². The standard InChI is InChI=1S/C13H20O/c1-10-9-12(10)13(14)11-7-5-3-2-4-6-8-11/h7,10,12H,2-6,8-9H2,1H3. The van der Waals surface area contributed by atoms with Gasteiger partial charge in [0, 0.05) is 5.92 Å². The summed E-state index contributed by atoms with van der Waals surface area (Å²) in [5, 5.41) is 0. The summed E-state index contributed by atoms with van der Waals surface area (Å²) in [4.78, 5) is 12.0. The Kier molecular flexibility index (Phi) is 3.05. The van der Waals surface area contributed by atoms with Crippen molar-refractivity contribution in [3.8, 4) is 0 Å². The van der Waals surface area contributed by atoms with Crippen molar-refractivity contribution in [3.05, 3.63) is 11.6 Å². The fourth-order valence-electron chi connectivity index (χ4n) is 2.34. The highest BCUT2D eigenvalue weighted by Crippen LogP contribution is 2.41. The first-order valence-electron chi connectivity index (χ1n) is 6.02. The van der Waals surface area contributed by atoms with E-state index >= 15 is 0 Å². The number of carbonyl (C=O) groups excluding carboxylic acids is 1. The molecular formula is C13H20O. The van der Waals surface area contributed by atoms with Crippen LogP contribution in [0.1, 0.15) is 51.9 Å². The Labute approximate surface area is 86.6 Å². The number of hydrogen-bond donors (Lipinski definition) is 0. The maximum Gasteiger partial charge on any atom is 0.161 e. The van der Waals surface area contributed by atoms with Gasteiger partial charge in [-0.3, -0.25) is 4.79 Å². The number of rotatable bonds is 2. The zero-order valence-electron chi connectivity index (χ0n) is 9.09. The van der Waals surface area contributed by atoms with Crippen molar-refractivity contribution in [3.63, 3.8) is 0 Å². The van der Waals surface area contributed by atoms with Gasteiger partial charge in [0.05, 0.1) is 0 Å². The molecule has 2 unspecified atom stereocenters. The molecule has 0 aromatic carbocycles. The third kappa shape index (κ3) is 2.26. The summed E-state index contributed by atoms with van der Waals surface area (Å²) in [6.45, 7) is 2.19. The van der Waals surface area contributed by atoms with Crippen molar-refractivity contribution in [2.45, 2.75) is 51.9 Å². The van der Waals surface area contributed by atoms with E-state index in [0.717, 1.165) is 24.8 Å². The average molecular weight is 192 g/mol. The lowest BCUT2D eigenvalue weighted by atomic mass is 9.95. The van der Waals surface area contributed by atoms with E-state index in [9.17, 15) is 4.79 Å². The first-order chi connectivity index (χ1) is 6.79. The minimum Gasteiger partial charge on any atom is -0.294 e. The first-order valence-corrected chi connectivity index (χ1v) is 6.02. The molecule has 1 fully saturated rings. The molecule has 2 atom stereocenters. The Morgan fingerprint density at radius 2 is 2.00 bits per heavy atom. The van der Waals surface area contributed by atoms with Crippen LogP contribution in [-0.2, 0) is 4.79 Å². The molecule has 0 saturated heterocycles. The molecule has 0 amide bonds. The highest BCUT2D eigenvalue weighted by molar-refractivity contribution is 5.98. The van der Waals surface area contributed by atoms with E-state index in [0.29, 0.717) is 17.6 Å². The summed E-state index contributed by atoms with van der Waals surface area (Å²) < 4.78 is 0. The third-order valence-electron chi connectivity index (χ3n) is 3.55. The van der Waals surface area contributed by atoms with Crippen molar-refractivity contribution >= 4 is 5.78 Å². The van der Waals surface area contributed by atoms with Gasteiger partial charge in [0.2, 0.25) is 0 Å². The van der Waals surface area contributed by atoms with E-state index < -0.39 is 0 Å². The van der Waals surface area contributed by atoms with E-state index in [1.807, 2.05) is 0 Å². The maximum atomic E-state index is 12.0. The molecule has 2 aliphatic carbocycles. The summed E-state index contributed by atoms with van der Waals surface area (Å²) in [7, 11) is 0. The lowest BCUT2D eigenvalue weighted by molar-refractivity contribution is -0.117. The monoisotopic (exact) mass is 192 g/mol. The van der Waals surface area contributed by atoms with Crippen LogP contribution in [0.25, 0.3) is 0 Å². The number of carbonyl (C=O) groups is 1. The van der Waals surface area contributed by atoms with Gasteiger partial charge in [0.15, 0.2) is 5.78 Å². The van der Waals surface area contributed by atoms with E-state index in [1.54, 1.807) is 0 Å². The Bertz CT molecular complexity index is 252. The lowest BCUT2D eigenvalue weighted by Crippen LogP contribution is -2.07. The molecule has 2 rings (SSSR count). The Hall–Kier alpha value is -0.590. The van der Waals surface area contributed by atoms with Gasteiger partial charge in [-0.1, -0.05) is 25.8 Å². The Morgan fingerprint density at radius 1 is 1.29 bits per heavy atom. The van der Waals surface area contributed by atoms with Gasteiger partial charge in [-0.05, 0) is 43.6 Å². The predicted molar refractivity (Wildman–Crippen MR) is 58.1 cm³/mol. The molecule has 0 N–H and O–H groups in total. The molecular weight excluding hydrogens is 172 g/mol. The fourth-order valence-corrected chi connectivity index (χ4v) is 2.34. The first kappa shape index (κ1) is 9.95. The maximum absolute atomic E-state index is 12.0. The molecule has 0 spiro atoms. The average Bonchev–Trinajstić information content (AvgIpc) is 2.81. The van der Waals surface area contributed by atoms with Gasteiger partial charge in [0.25, 0.3) is 0 Å². The van der Waals surface area contributed by atoms with Crippen LogP contribution in [-0.4, -0.2) is 5.78 Å². The minimum atomic E-state index is 0.390. The molecule has 0 bridgehead atoms. The van der Waals surface area contributed by atoms with Crippen molar-refractivity contribution in [1.82, 2.24) is 0 Å². The summed E-state index contributed by atoms with van der Waals surface area (Å²) in [6, 6.07) is 0. The summed E-state index contributed by atoms with van der Waals surface area (Å²) in [5.74, 6) is 1.52. The molecule has 0 heterocycles. The SMILES string of the molecule is CC1CC1C(=O)C1=CCCCCCC1. The van der Waals surface area contributed by atoms with Gasteiger partial charge in [0.1, 0.15) is 0 Å². The fraction of sp³-hybridized carbons (Fsp3) is 0.769. The molecule has 0 aromatic heterocycles. The van der Waals surface area contributed by atoms with Crippen LogP contribution in [0.2, 0.25) is 0 Å². The largest absolute Gasteiger partial charge is 0.294 e. The molecule has 2 aliphatic rings. The van der Waals surface area contributed by atoms with Gasteiger partial charge < -0.3 is 0 Å². The molecule has 0 radical (unpaired) electrons. The van der Waals surface area contributed by atoms with Crippen LogP contribution >= 0.6 is 0 Å². The van der Waals surface area contributed by atoms with E-state index in [-0.39, 0.29) is 0 Å². The highest BCUT2D eigenvalue weighted by atomic mass is 16.1. The van der Waals surface area contributed by atoms with Gasteiger partial charge in [-0.15, -0.1) is 0 Å². The van der Waals surface area contributed by atoms with Crippen molar-refractivity contribution in [1.29, 1.82) is 0 Å². The second-order valence-electron chi connectivity index (χ2n) is 4.87. The second kappa shape index (κ2) is 4.29. The topological polar surface area (TPSA) is 17.1 Å². The van der Waals surface area contributed by atoms with Gasteiger partial charge in [-0.25, -0.2) is 0 Å². The van der Waals surface area contributed by atoms with Crippen molar-refractivity contribution in [2.24, 2.45) is 11.8 Å². The molecule has 78 valence electrons. The van der Waals surface area contributed by atoms with E-state index in [4.69, 9.17) is 0 Å². The normalized spacial score (nSPS) is 32.8. The number of Topliss-reactive ketones (excluding diaryl/α,β-unsaturated/α-hetero) is 1. The Morgan fingerprint density at radius 3 is 2.71 bits per heavy atom.